The molecule has 0 spiro atoms. The fraction of sp³-hybridized carbons (Fsp3) is 0.818. The summed E-state index contributed by atoms with van der Waals surface area (Å²) in [5, 5.41) is 7.23. The van der Waals surface area contributed by atoms with Gasteiger partial charge < -0.3 is 15.6 Å². The number of nitrogens with zero attached hydrogens (tertiary/aromatic N) is 2. The molecule has 1 saturated carbocycles. The maximum Gasteiger partial charge on any atom is 0.321 e. The van der Waals surface area contributed by atoms with E-state index < -0.39 is 0 Å². The van der Waals surface area contributed by atoms with Gasteiger partial charge in [0.2, 0.25) is 0 Å². The number of nitrogens with two attached hydrogens (primary N) is 1. The Morgan fingerprint density at radius 3 is 2.94 bits per heavy atom. The molecular weight excluding hydrogens is 204 g/mol. The van der Waals surface area contributed by atoms with Crippen molar-refractivity contribution in [2.24, 2.45) is 11.7 Å². The van der Waals surface area contributed by atoms with Gasteiger partial charge in [0.25, 0.3) is 0 Å². The first kappa shape index (κ1) is 11.4. The van der Waals surface area contributed by atoms with E-state index in [0.717, 1.165) is 18.8 Å². The molecule has 3 N–H and O–H groups in total. The van der Waals surface area contributed by atoms with Crippen LogP contribution in [0.25, 0.3) is 0 Å². The molecule has 0 bridgehead atoms. The minimum absolute atomic E-state index is 0.299. The summed E-state index contributed by atoms with van der Waals surface area (Å²) >= 11 is 0. The molecule has 2 atom stereocenters. The number of aromatic nitrogens is 2. The standard InChI is InChI=1S/C11H20N4O/c1-7(2)10-14-11(16-15-10)13-9-5-3-4-8(9)6-12/h7-9H,3-6,12H2,1-2H3,(H,13,14,15). The third-order valence-corrected chi connectivity index (χ3v) is 3.23. The first-order valence-electron chi connectivity index (χ1n) is 6.01. The Labute approximate surface area is 95.8 Å². The van der Waals surface area contributed by atoms with Gasteiger partial charge in [-0.3, -0.25) is 0 Å². The fourth-order valence-electron chi connectivity index (χ4n) is 2.20. The number of anilines is 1. The maximum absolute atomic E-state index is 5.72. The fourth-order valence-corrected chi connectivity index (χ4v) is 2.20. The molecule has 2 rings (SSSR count). The molecule has 0 aliphatic heterocycles. The molecule has 1 heterocycles. The van der Waals surface area contributed by atoms with Crippen molar-refractivity contribution in [1.82, 2.24) is 10.1 Å². The van der Waals surface area contributed by atoms with Crippen LogP contribution < -0.4 is 11.1 Å². The molecule has 1 aromatic heterocycles. The van der Waals surface area contributed by atoms with Crippen molar-refractivity contribution in [1.29, 1.82) is 0 Å². The zero-order valence-electron chi connectivity index (χ0n) is 9.94. The molecule has 0 aromatic carbocycles. The van der Waals surface area contributed by atoms with E-state index in [4.69, 9.17) is 10.3 Å². The van der Waals surface area contributed by atoms with Gasteiger partial charge in [-0.1, -0.05) is 25.4 Å². The molecule has 5 nitrogen and oxygen atoms in total. The zero-order chi connectivity index (χ0) is 11.5. The summed E-state index contributed by atoms with van der Waals surface area (Å²) in [6, 6.07) is 0.930. The highest BCUT2D eigenvalue weighted by Gasteiger charge is 2.27. The van der Waals surface area contributed by atoms with Gasteiger partial charge in [-0.25, -0.2) is 0 Å². The van der Waals surface area contributed by atoms with E-state index in [1.54, 1.807) is 0 Å². The summed E-state index contributed by atoms with van der Waals surface area (Å²) in [4.78, 5) is 4.31. The normalized spacial score (nSPS) is 25.2. The molecule has 2 unspecified atom stereocenters. The predicted octanol–water partition coefficient (Wildman–Crippen LogP) is 1.73. The summed E-state index contributed by atoms with van der Waals surface area (Å²) in [7, 11) is 0. The van der Waals surface area contributed by atoms with Crippen molar-refractivity contribution in [3.63, 3.8) is 0 Å². The largest absolute Gasteiger partial charge is 0.335 e. The van der Waals surface area contributed by atoms with Crippen LogP contribution in [0.4, 0.5) is 6.01 Å². The monoisotopic (exact) mass is 224 g/mol. The number of nitrogens with one attached hydrogen (secondary N) is 1. The van der Waals surface area contributed by atoms with Crippen molar-refractivity contribution in [2.45, 2.75) is 45.1 Å². The van der Waals surface area contributed by atoms with Crippen LogP contribution in [-0.2, 0) is 0 Å². The van der Waals surface area contributed by atoms with Gasteiger partial charge >= 0.3 is 6.01 Å². The van der Waals surface area contributed by atoms with Crippen LogP contribution in [0.5, 0.6) is 0 Å². The average Bonchev–Trinajstić information content (AvgIpc) is 2.87. The molecule has 1 aromatic rings. The average molecular weight is 224 g/mol. The lowest BCUT2D eigenvalue weighted by Gasteiger charge is -2.17. The lowest BCUT2D eigenvalue weighted by atomic mass is 10.0. The minimum atomic E-state index is 0.299. The Balaban J connectivity index is 1.97. The van der Waals surface area contributed by atoms with E-state index in [1.807, 2.05) is 13.8 Å². The maximum atomic E-state index is 5.72. The smallest absolute Gasteiger partial charge is 0.321 e. The lowest BCUT2D eigenvalue weighted by Crippen LogP contribution is -2.29. The van der Waals surface area contributed by atoms with E-state index in [0.29, 0.717) is 23.9 Å². The van der Waals surface area contributed by atoms with Crippen LogP contribution in [0.15, 0.2) is 4.52 Å². The SMILES string of the molecule is CC(C)c1noc(NC2CCCC2CN)n1. The molecular formula is C11H20N4O. The van der Waals surface area contributed by atoms with Crippen LogP contribution in [0.1, 0.15) is 44.9 Å². The van der Waals surface area contributed by atoms with Crippen molar-refractivity contribution < 1.29 is 4.52 Å². The second kappa shape index (κ2) is 4.82. The van der Waals surface area contributed by atoms with Crippen LogP contribution >= 0.6 is 0 Å². The summed E-state index contributed by atoms with van der Waals surface area (Å²) in [5.74, 6) is 1.59. The molecule has 0 radical (unpaired) electrons. The number of hydrogen-bond donors (Lipinski definition) is 2. The van der Waals surface area contributed by atoms with Crippen molar-refractivity contribution in [3.05, 3.63) is 5.82 Å². The third-order valence-electron chi connectivity index (χ3n) is 3.23. The van der Waals surface area contributed by atoms with Crippen LogP contribution in [-0.4, -0.2) is 22.7 Å². The Hall–Kier alpha value is -1.10. The topological polar surface area (TPSA) is 77.0 Å². The Kier molecular flexibility index (Phi) is 3.43. The first-order chi connectivity index (χ1) is 7.70. The van der Waals surface area contributed by atoms with Gasteiger partial charge in [-0.05, 0) is 25.3 Å². The Morgan fingerprint density at radius 1 is 1.50 bits per heavy atom. The van der Waals surface area contributed by atoms with Gasteiger partial charge in [0.1, 0.15) is 0 Å². The highest BCUT2D eigenvalue weighted by Crippen LogP contribution is 2.27. The lowest BCUT2D eigenvalue weighted by molar-refractivity contribution is 0.407. The summed E-state index contributed by atoms with van der Waals surface area (Å²) in [6.45, 7) is 4.82. The highest BCUT2D eigenvalue weighted by molar-refractivity contribution is 5.22. The Morgan fingerprint density at radius 2 is 2.31 bits per heavy atom. The molecule has 1 aliphatic carbocycles. The van der Waals surface area contributed by atoms with Gasteiger partial charge in [-0.2, -0.15) is 4.98 Å². The quantitative estimate of drug-likeness (QED) is 0.814. The second-order valence-corrected chi connectivity index (χ2v) is 4.79. The molecule has 0 amide bonds. The van der Waals surface area contributed by atoms with E-state index in [2.05, 4.69) is 15.5 Å². The molecule has 90 valence electrons. The van der Waals surface area contributed by atoms with Gasteiger partial charge in [0.05, 0.1) is 0 Å². The van der Waals surface area contributed by atoms with Crippen LogP contribution in [0.3, 0.4) is 0 Å². The van der Waals surface area contributed by atoms with E-state index in [-0.39, 0.29) is 0 Å². The van der Waals surface area contributed by atoms with Crippen molar-refractivity contribution in [2.75, 3.05) is 11.9 Å². The van der Waals surface area contributed by atoms with E-state index >= 15 is 0 Å². The number of rotatable bonds is 4. The van der Waals surface area contributed by atoms with E-state index in [1.165, 1.54) is 12.8 Å². The van der Waals surface area contributed by atoms with Crippen molar-refractivity contribution >= 4 is 6.01 Å². The zero-order valence-corrected chi connectivity index (χ0v) is 9.94. The third kappa shape index (κ3) is 2.35. The molecule has 5 heteroatoms. The number of hydrogen-bond acceptors (Lipinski definition) is 5. The molecule has 16 heavy (non-hydrogen) atoms. The molecule has 1 aliphatic rings. The summed E-state index contributed by atoms with van der Waals surface area (Å²) < 4.78 is 5.17. The van der Waals surface area contributed by atoms with Gasteiger partial charge in [-0.15, -0.1) is 0 Å². The minimum Gasteiger partial charge on any atom is -0.335 e. The van der Waals surface area contributed by atoms with Gasteiger partial charge in [0.15, 0.2) is 5.82 Å². The second-order valence-electron chi connectivity index (χ2n) is 4.79. The van der Waals surface area contributed by atoms with Crippen LogP contribution in [0.2, 0.25) is 0 Å². The van der Waals surface area contributed by atoms with Crippen LogP contribution in [0, 0.1) is 5.92 Å². The Bertz CT molecular complexity index is 336. The van der Waals surface area contributed by atoms with Crippen molar-refractivity contribution in [3.8, 4) is 0 Å². The predicted molar refractivity (Wildman–Crippen MR) is 62.2 cm³/mol. The van der Waals surface area contributed by atoms with E-state index in [9.17, 15) is 0 Å². The highest BCUT2D eigenvalue weighted by atomic mass is 16.5. The first-order valence-corrected chi connectivity index (χ1v) is 6.01. The summed E-state index contributed by atoms with van der Waals surface area (Å²) in [6.07, 6.45) is 3.56. The summed E-state index contributed by atoms with van der Waals surface area (Å²) in [5.41, 5.74) is 5.72. The van der Waals surface area contributed by atoms with Gasteiger partial charge in [0, 0.05) is 12.0 Å². The molecule has 1 fully saturated rings. The molecule has 0 saturated heterocycles.